The molecule has 2 fully saturated rings. The van der Waals surface area contributed by atoms with Crippen LogP contribution in [0.3, 0.4) is 0 Å². The Kier molecular flexibility index (Phi) is 3.77. The average Bonchev–Trinajstić information content (AvgIpc) is 3.15. The van der Waals surface area contributed by atoms with E-state index >= 15 is 0 Å². The number of rotatable bonds is 4. The first kappa shape index (κ1) is 14.3. The topological polar surface area (TPSA) is 47.4 Å². The van der Waals surface area contributed by atoms with Gasteiger partial charge in [-0.05, 0) is 37.1 Å². The zero-order chi connectivity index (χ0) is 15.6. The first-order chi connectivity index (χ1) is 11.3. The van der Waals surface area contributed by atoms with Crippen LogP contribution in [0.2, 0.25) is 0 Å². The second kappa shape index (κ2) is 6.07. The van der Waals surface area contributed by atoms with E-state index in [-0.39, 0.29) is 12.0 Å². The quantitative estimate of drug-likeness (QED) is 0.871. The molecule has 2 atom stereocenters. The van der Waals surface area contributed by atoms with E-state index < -0.39 is 0 Å². The molecule has 2 unspecified atom stereocenters. The fourth-order valence-electron chi connectivity index (χ4n) is 3.95. The van der Waals surface area contributed by atoms with Gasteiger partial charge in [0.05, 0.1) is 0 Å². The molecular weight excluding hydrogens is 290 g/mol. The molecule has 4 heterocycles. The molecule has 4 rings (SSSR count). The molecule has 0 aliphatic carbocycles. The number of pyridine rings is 1. The van der Waals surface area contributed by atoms with Gasteiger partial charge in [0, 0.05) is 49.7 Å². The SMILES string of the molecule is O=C(Cn1cccc1)N1C2CCC1CC(Oc1ccncc1)C2. The van der Waals surface area contributed by atoms with Crippen LogP contribution >= 0.6 is 0 Å². The fraction of sp³-hybridized carbons (Fsp3) is 0.444. The smallest absolute Gasteiger partial charge is 0.242 e. The number of carbonyl (C=O) groups is 1. The number of ether oxygens (including phenoxy) is 1. The molecule has 2 aromatic heterocycles. The fourth-order valence-corrected chi connectivity index (χ4v) is 3.95. The van der Waals surface area contributed by atoms with E-state index in [9.17, 15) is 4.79 Å². The molecule has 0 radical (unpaired) electrons. The van der Waals surface area contributed by atoms with Crippen molar-refractivity contribution in [3.05, 3.63) is 49.1 Å². The molecule has 5 nitrogen and oxygen atoms in total. The summed E-state index contributed by atoms with van der Waals surface area (Å²) in [5.74, 6) is 1.10. The Labute approximate surface area is 135 Å². The molecule has 5 heteroatoms. The summed E-state index contributed by atoms with van der Waals surface area (Å²) in [6.07, 6.45) is 11.6. The molecule has 0 spiro atoms. The molecule has 0 aromatic carbocycles. The van der Waals surface area contributed by atoms with Crippen LogP contribution < -0.4 is 4.74 Å². The maximum atomic E-state index is 12.6. The Morgan fingerprint density at radius 1 is 1.13 bits per heavy atom. The monoisotopic (exact) mass is 311 g/mol. The number of piperidine rings is 1. The lowest BCUT2D eigenvalue weighted by molar-refractivity contribution is -0.137. The lowest BCUT2D eigenvalue weighted by Crippen LogP contribution is -2.50. The zero-order valence-electron chi connectivity index (χ0n) is 13.0. The second-order valence-corrected chi connectivity index (χ2v) is 6.44. The van der Waals surface area contributed by atoms with E-state index in [0.717, 1.165) is 31.4 Å². The summed E-state index contributed by atoms with van der Waals surface area (Å²) in [5.41, 5.74) is 0. The highest BCUT2D eigenvalue weighted by Gasteiger charge is 2.43. The summed E-state index contributed by atoms with van der Waals surface area (Å²) in [5, 5.41) is 0. The predicted octanol–water partition coefficient (Wildman–Crippen LogP) is 2.48. The van der Waals surface area contributed by atoms with Crippen LogP contribution in [0.25, 0.3) is 0 Å². The second-order valence-electron chi connectivity index (χ2n) is 6.44. The van der Waals surface area contributed by atoms with Crippen molar-refractivity contribution in [1.29, 1.82) is 0 Å². The van der Waals surface area contributed by atoms with Crippen LogP contribution in [0.4, 0.5) is 0 Å². The minimum atomic E-state index is 0.200. The molecule has 2 saturated heterocycles. The van der Waals surface area contributed by atoms with Gasteiger partial charge in [0.15, 0.2) is 0 Å². The Morgan fingerprint density at radius 3 is 2.43 bits per heavy atom. The van der Waals surface area contributed by atoms with E-state index in [1.807, 2.05) is 41.2 Å². The lowest BCUT2D eigenvalue weighted by Gasteiger charge is -2.39. The number of nitrogens with zero attached hydrogens (tertiary/aromatic N) is 3. The number of carbonyl (C=O) groups excluding carboxylic acids is 1. The number of amides is 1. The van der Waals surface area contributed by atoms with Crippen LogP contribution in [0.15, 0.2) is 49.1 Å². The lowest BCUT2D eigenvalue weighted by atomic mass is 9.99. The van der Waals surface area contributed by atoms with E-state index in [1.54, 1.807) is 12.4 Å². The van der Waals surface area contributed by atoms with Crippen molar-refractivity contribution < 1.29 is 9.53 Å². The summed E-state index contributed by atoms with van der Waals surface area (Å²) < 4.78 is 8.03. The number of aromatic nitrogens is 2. The van der Waals surface area contributed by atoms with Crippen LogP contribution in [0, 0.1) is 0 Å². The van der Waals surface area contributed by atoms with Crippen molar-refractivity contribution in [3.63, 3.8) is 0 Å². The molecule has 1 amide bonds. The van der Waals surface area contributed by atoms with Crippen molar-refractivity contribution in [2.45, 2.75) is 50.4 Å². The number of hydrogen-bond donors (Lipinski definition) is 0. The van der Waals surface area contributed by atoms with Gasteiger partial charge in [0.2, 0.25) is 5.91 Å². The largest absolute Gasteiger partial charge is 0.490 e. The molecular formula is C18H21N3O2. The third-order valence-corrected chi connectivity index (χ3v) is 4.91. The molecule has 120 valence electrons. The summed E-state index contributed by atoms with van der Waals surface area (Å²) in [6.45, 7) is 0.440. The first-order valence-corrected chi connectivity index (χ1v) is 8.28. The van der Waals surface area contributed by atoms with Crippen molar-refractivity contribution in [3.8, 4) is 5.75 Å². The third kappa shape index (κ3) is 2.96. The van der Waals surface area contributed by atoms with Gasteiger partial charge in [-0.1, -0.05) is 0 Å². The van der Waals surface area contributed by atoms with Crippen LogP contribution in [-0.4, -0.2) is 38.5 Å². The highest BCUT2D eigenvalue weighted by Crippen LogP contribution is 2.37. The minimum Gasteiger partial charge on any atom is -0.490 e. The minimum absolute atomic E-state index is 0.200. The van der Waals surface area contributed by atoms with Crippen LogP contribution in [-0.2, 0) is 11.3 Å². The van der Waals surface area contributed by atoms with Crippen molar-refractivity contribution >= 4 is 5.91 Å². The maximum Gasteiger partial charge on any atom is 0.242 e. The van der Waals surface area contributed by atoms with E-state index in [1.165, 1.54) is 0 Å². The highest BCUT2D eigenvalue weighted by molar-refractivity contribution is 5.77. The van der Waals surface area contributed by atoms with E-state index in [4.69, 9.17) is 4.74 Å². The highest BCUT2D eigenvalue weighted by atomic mass is 16.5. The van der Waals surface area contributed by atoms with Gasteiger partial charge in [-0.15, -0.1) is 0 Å². The van der Waals surface area contributed by atoms with Crippen molar-refractivity contribution in [2.24, 2.45) is 0 Å². The molecule has 2 bridgehead atoms. The molecule has 0 saturated carbocycles. The first-order valence-electron chi connectivity index (χ1n) is 8.28. The van der Waals surface area contributed by atoms with E-state index in [0.29, 0.717) is 18.6 Å². The Bertz CT molecular complexity index is 642. The van der Waals surface area contributed by atoms with Gasteiger partial charge in [0.1, 0.15) is 18.4 Å². The van der Waals surface area contributed by atoms with Crippen molar-refractivity contribution in [2.75, 3.05) is 0 Å². The maximum absolute atomic E-state index is 12.6. The molecule has 0 N–H and O–H groups in total. The standard InChI is InChI=1S/C18H21N3O2/c22-18(13-20-9-1-2-10-20)21-14-3-4-15(21)12-17(11-14)23-16-5-7-19-8-6-16/h1-2,5-10,14-15,17H,3-4,11-13H2. The Hall–Kier alpha value is -2.30. The molecule has 2 aliphatic heterocycles. The summed E-state index contributed by atoms with van der Waals surface area (Å²) >= 11 is 0. The summed E-state index contributed by atoms with van der Waals surface area (Å²) in [6, 6.07) is 8.34. The van der Waals surface area contributed by atoms with Gasteiger partial charge in [-0.25, -0.2) is 0 Å². The van der Waals surface area contributed by atoms with Gasteiger partial charge in [-0.3, -0.25) is 9.78 Å². The average molecular weight is 311 g/mol. The number of fused-ring (bicyclic) bond motifs is 2. The van der Waals surface area contributed by atoms with E-state index in [2.05, 4.69) is 9.88 Å². The summed E-state index contributed by atoms with van der Waals surface area (Å²) in [4.78, 5) is 18.8. The van der Waals surface area contributed by atoms with Crippen LogP contribution in [0.5, 0.6) is 5.75 Å². The van der Waals surface area contributed by atoms with Gasteiger partial charge in [-0.2, -0.15) is 0 Å². The zero-order valence-corrected chi connectivity index (χ0v) is 13.0. The van der Waals surface area contributed by atoms with Crippen LogP contribution in [0.1, 0.15) is 25.7 Å². The molecule has 2 aromatic rings. The third-order valence-electron chi connectivity index (χ3n) is 4.91. The van der Waals surface area contributed by atoms with Gasteiger partial charge >= 0.3 is 0 Å². The Morgan fingerprint density at radius 2 is 1.78 bits per heavy atom. The normalized spacial score (nSPS) is 26.3. The summed E-state index contributed by atoms with van der Waals surface area (Å²) in [7, 11) is 0. The molecule has 23 heavy (non-hydrogen) atoms. The van der Waals surface area contributed by atoms with Gasteiger partial charge in [0.25, 0.3) is 0 Å². The predicted molar refractivity (Wildman–Crippen MR) is 86.0 cm³/mol. The van der Waals surface area contributed by atoms with Gasteiger partial charge < -0.3 is 14.2 Å². The molecule has 2 aliphatic rings. The van der Waals surface area contributed by atoms with Crippen molar-refractivity contribution in [1.82, 2.24) is 14.5 Å². The Balaban J connectivity index is 1.41. The number of hydrogen-bond acceptors (Lipinski definition) is 3.